The van der Waals surface area contributed by atoms with Crippen molar-refractivity contribution in [2.75, 3.05) is 125 Å². The second kappa shape index (κ2) is 35.4. The van der Waals surface area contributed by atoms with Gasteiger partial charge in [0.25, 0.3) is 22.2 Å². The number of hydrogen-bond acceptors (Lipinski definition) is 18. The van der Waals surface area contributed by atoms with Crippen LogP contribution in [0.4, 0.5) is 29.3 Å². The van der Waals surface area contributed by atoms with E-state index in [9.17, 15) is 42.7 Å². The Morgan fingerprint density at radius 3 is 1.18 bits per heavy atom. The fourth-order valence-corrected chi connectivity index (χ4v) is 16.9. The summed E-state index contributed by atoms with van der Waals surface area (Å²) < 4.78 is 31.3. The number of carbonyl (C=O) groups is 4. The number of nitrogens with zero attached hydrogens (tertiary/aromatic N) is 21. The van der Waals surface area contributed by atoms with Crippen LogP contribution in [0.2, 0.25) is 0 Å². The largest absolute Gasteiger partial charge is 0.378 e. The molecule has 0 unspecified atom stereocenters. The molecule has 0 saturated carbocycles. The van der Waals surface area contributed by atoms with Gasteiger partial charge in [0.05, 0.1) is 74.6 Å². The normalized spacial score (nSPS) is 15.0. The number of anilines is 1. The van der Waals surface area contributed by atoms with E-state index < -0.39 is 11.4 Å². The maximum absolute atomic E-state index is 14.2. The number of likely N-dealkylation sites (tertiary alicyclic amines) is 1. The van der Waals surface area contributed by atoms with Gasteiger partial charge in [0, 0.05) is 169 Å². The van der Waals surface area contributed by atoms with Crippen molar-refractivity contribution >= 4 is 73.4 Å². The SMILES string of the molecule is CC(C)N1CCN(C(=O)n2cc3c(=O)n(-c4ccccc4)nc-3c3cc(N4CCOCC4)ccc32)CC1.CC(C)N1CCN(C(=O)n2cc3c(=O)n(-c4ccccn4)nc-3c3cc(F)ccc32)CC1.CN(C)C(=O)n1cc2c(=O)n(-c3ccccc3)nc-2c2ccccc21.CN(C)C1CCN(C(=O)n2cc3c(=O)n(-c4ccccc4)nc-3c3ccccc32)CC1. The molecule has 4 fully saturated rings. The van der Waals surface area contributed by atoms with Crippen LogP contribution in [-0.2, 0) is 4.74 Å². The van der Waals surface area contributed by atoms with Gasteiger partial charge in [-0.15, -0.1) is 0 Å². The summed E-state index contributed by atoms with van der Waals surface area (Å²) in [5, 5.41) is 21.1. The molecular formula is C94H96FN21O9. The minimum atomic E-state index is -0.464. The third-order valence-corrected chi connectivity index (χ3v) is 23.9. The lowest BCUT2D eigenvalue weighted by molar-refractivity contribution is 0.120. The van der Waals surface area contributed by atoms with Crippen molar-refractivity contribution in [3.05, 3.63) is 272 Å². The van der Waals surface area contributed by atoms with Crippen molar-refractivity contribution in [2.24, 2.45) is 0 Å². The van der Waals surface area contributed by atoms with E-state index in [1.54, 1.807) is 77.2 Å². The second-order valence-corrected chi connectivity index (χ2v) is 32.5. The first-order valence-electron chi connectivity index (χ1n) is 42.1. The molecule has 1 aromatic heterocycles. The zero-order valence-corrected chi connectivity index (χ0v) is 70.9. The van der Waals surface area contributed by atoms with Gasteiger partial charge in [0.15, 0.2) is 5.82 Å². The maximum atomic E-state index is 14.2. The first-order valence-corrected chi connectivity index (χ1v) is 42.1. The lowest BCUT2D eigenvalue weighted by Gasteiger charge is -2.37. The van der Waals surface area contributed by atoms with Gasteiger partial charge >= 0.3 is 24.1 Å². The van der Waals surface area contributed by atoms with Gasteiger partial charge in [-0.2, -0.15) is 39.1 Å². The molecule has 0 bridgehead atoms. The first kappa shape index (κ1) is 83.1. The van der Waals surface area contributed by atoms with Crippen molar-refractivity contribution in [3.8, 4) is 67.9 Å². The molecule has 4 amide bonds. The number of ether oxygens (including phenoxy) is 1. The number of aromatic nitrogens is 13. The summed E-state index contributed by atoms with van der Waals surface area (Å²) in [5.74, 6) is -0.102. The summed E-state index contributed by atoms with van der Waals surface area (Å²) in [4.78, 5) is 126. The fourth-order valence-electron chi connectivity index (χ4n) is 16.9. The molecule has 0 radical (unpaired) electrons. The predicted molar refractivity (Wildman–Crippen MR) is 480 cm³/mol. The predicted octanol–water partition coefficient (Wildman–Crippen LogP) is 12.1. The van der Waals surface area contributed by atoms with Gasteiger partial charge in [0.1, 0.15) is 28.6 Å². The van der Waals surface area contributed by atoms with Crippen molar-refractivity contribution in [3.63, 3.8) is 0 Å². The summed E-state index contributed by atoms with van der Waals surface area (Å²) in [6, 6.07) is 59.2. The van der Waals surface area contributed by atoms with Crippen LogP contribution in [0.3, 0.4) is 0 Å². The summed E-state index contributed by atoms with van der Waals surface area (Å²) >= 11 is 0. The first-order chi connectivity index (χ1) is 60.6. The molecular weight excluding hydrogens is 1590 g/mol. The molecule has 13 heterocycles. The molecule has 0 aliphatic carbocycles. The number of hydrogen-bond donors (Lipinski definition) is 0. The number of fused-ring (bicyclic) bond motifs is 12. The molecule has 7 aromatic carbocycles. The van der Waals surface area contributed by atoms with Crippen molar-refractivity contribution in [1.29, 1.82) is 0 Å². The zero-order chi connectivity index (χ0) is 87.0. The number of rotatable bonds is 8. The fraction of sp³-hybridized carbons (Fsp3) is 0.287. The van der Waals surface area contributed by atoms with Gasteiger partial charge in [-0.05, 0) is 152 Å². The zero-order valence-electron chi connectivity index (χ0n) is 70.9. The van der Waals surface area contributed by atoms with E-state index in [0.29, 0.717) is 149 Å². The van der Waals surface area contributed by atoms with Crippen LogP contribution in [0.1, 0.15) is 40.5 Å². The van der Waals surface area contributed by atoms with Crippen LogP contribution in [0, 0.1) is 5.82 Å². The van der Waals surface area contributed by atoms with E-state index in [2.05, 4.69) is 87.7 Å². The third-order valence-electron chi connectivity index (χ3n) is 23.9. The van der Waals surface area contributed by atoms with Crippen LogP contribution in [-0.4, -0.2) is 259 Å². The number of carbonyl (C=O) groups excluding carboxylic acids is 4. The highest BCUT2D eigenvalue weighted by Crippen LogP contribution is 2.36. The molecule has 30 nitrogen and oxygen atoms in total. The minimum absolute atomic E-state index is 0.0952. The summed E-state index contributed by atoms with van der Waals surface area (Å²) in [7, 11) is 7.52. The third kappa shape index (κ3) is 16.3. The monoisotopic (exact) mass is 1680 g/mol. The number of para-hydroxylation sites is 5. The number of pyridine rings is 5. The van der Waals surface area contributed by atoms with E-state index in [1.165, 1.54) is 51.1 Å². The average Bonchev–Trinajstić information content (AvgIpc) is 1.64. The van der Waals surface area contributed by atoms with Gasteiger partial charge in [-0.25, -0.2) is 28.6 Å². The van der Waals surface area contributed by atoms with Gasteiger partial charge in [0.2, 0.25) is 0 Å². The van der Waals surface area contributed by atoms with Crippen molar-refractivity contribution in [1.82, 2.24) is 96.7 Å². The summed E-state index contributed by atoms with van der Waals surface area (Å²) in [6.07, 6.45) is 9.89. The van der Waals surface area contributed by atoms with E-state index in [0.717, 1.165) is 85.0 Å². The molecule has 31 heteroatoms. The topological polar surface area (TPSA) is 276 Å². The molecule has 20 rings (SSSR count). The van der Waals surface area contributed by atoms with Crippen LogP contribution < -0.4 is 27.1 Å². The van der Waals surface area contributed by atoms with Crippen molar-refractivity contribution < 1.29 is 28.3 Å². The second-order valence-electron chi connectivity index (χ2n) is 32.5. The molecule has 638 valence electrons. The Hall–Kier alpha value is -14.1. The molecule has 0 spiro atoms. The minimum Gasteiger partial charge on any atom is -0.378 e. The van der Waals surface area contributed by atoms with Gasteiger partial charge in [-0.3, -0.25) is 47.2 Å². The highest BCUT2D eigenvalue weighted by molar-refractivity contribution is 6.03. The number of piperidine rings is 1. The molecule has 12 aliphatic rings. The molecule has 0 atom stereocenters. The quantitative estimate of drug-likeness (QED) is 0.137. The maximum Gasteiger partial charge on any atom is 0.328 e. The standard InChI is InChI=1S/C28H32N6O3.C24H25N5O2.C23H23FN6O2.C19H16N4O2/c1-20(2)30-10-12-32(13-11-30)28(36)33-19-24-26(29-34(27(24)35)21-6-4-3-5-7-21)23-18-22(8-9-25(23)33)31-14-16-37-17-15-31;1-26(2)17-12-14-27(15-13-17)24(31)28-16-20-22(19-10-6-7-11-21(19)28)25-29(23(20)30)18-8-4-3-5-9-18;1-15(2)27-9-11-28(12-10-27)23(32)29-14-18-21(17-13-16(24)6-7-19(17)29)26-30(22(18)31)20-5-3-4-8-25-20;1-21(2)19(25)22-12-15-17(14-10-6-7-11-16(14)22)20-23(18(15)24)13-8-4-3-5-9-13/h3-9,18-20H,10-17H2,1-2H3;3-11,16-17H,12-15H2,1-2H3;3-8,13-15H,9-12H2,1-2H3;3-12H,1-2H3. The number of amides is 4. The number of piperazine rings is 2. The molecule has 125 heavy (non-hydrogen) atoms. The molecule has 4 saturated heterocycles. The summed E-state index contributed by atoms with van der Waals surface area (Å²) in [6.45, 7) is 18.7. The number of morpholine rings is 1. The van der Waals surface area contributed by atoms with Gasteiger partial charge in [-0.1, -0.05) is 97.1 Å². The summed E-state index contributed by atoms with van der Waals surface area (Å²) in [5.41, 5.74) is 8.42. The lowest BCUT2D eigenvalue weighted by atomic mass is 10.0. The Balaban J connectivity index is 0.000000119. The molecule has 12 aliphatic heterocycles. The Morgan fingerprint density at radius 1 is 0.384 bits per heavy atom. The highest BCUT2D eigenvalue weighted by Gasteiger charge is 2.34. The number of halogens is 1. The van der Waals surface area contributed by atoms with E-state index in [-0.39, 0.29) is 46.4 Å². The Bertz CT molecular complexity index is 6760. The van der Waals surface area contributed by atoms with Gasteiger partial charge < -0.3 is 34.1 Å². The highest BCUT2D eigenvalue weighted by atomic mass is 19.1. The lowest BCUT2D eigenvalue weighted by Crippen LogP contribution is -2.51. The van der Waals surface area contributed by atoms with Crippen LogP contribution in [0.25, 0.3) is 112 Å². The van der Waals surface area contributed by atoms with E-state index >= 15 is 0 Å². The van der Waals surface area contributed by atoms with E-state index in [4.69, 9.17) is 9.84 Å². The average molecular weight is 1680 g/mol. The Kier molecular flexibility index (Phi) is 23.5. The van der Waals surface area contributed by atoms with Crippen molar-refractivity contribution in [2.45, 2.75) is 58.7 Å². The number of benzene rings is 7. The van der Waals surface area contributed by atoms with Crippen LogP contribution in [0.15, 0.2) is 244 Å². The molecule has 0 N–H and O–H groups in total. The van der Waals surface area contributed by atoms with Crippen LogP contribution >= 0.6 is 0 Å². The van der Waals surface area contributed by atoms with Crippen LogP contribution in [0.5, 0.6) is 0 Å². The van der Waals surface area contributed by atoms with E-state index in [1.807, 2.05) is 161 Å². The molecule has 8 aromatic rings. The smallest absolute Gasteiger partial charge is 0.328 e. The Labute approximate surface area is 718 Å². The Morgan fingerprint density at radius 2 is 0.752 bits per heavy atom.